The molecule has 0 amide bonds. The predicted octanol–water partition coefficient (Wildman–Crippen LogP) is 3.32. The first kappa shape index (κ1) is 13.9. The van der Waals surface area contributed by atoms with Crippen LogP contribution in [0, 0.1) is 0 Å². The van der Waals surface area contributed by atoms with Gasteiger partial charge in [0.25, 0.3) is 0 Å². The first-order chi connectivity index (χ1) is 10.2. The van der Waals surface area contributed by atoms with Crippen LogP contribution in [0.5, 0.6) is 0 Å². The van der Waals surface area contributed by atoms with Crippen molar-refractivity contribution in [1.29, 1.82) is 0 Å². The van der Waals surface area contributed by atoms with Gasteiger partial charge in [0.1, 0.15) is 6.10 Å². The minimum atomic E-state index is -0.843. The summed E-state index contributed by atoms with van der Waals surface area (Å²) >= 11 is 1.35. The highest BCUT2D eigenvalue weighted by Gasteiger charge is 2.32. The lowest BCUT2D eigenvalue weighted by Gasteiger charge is -2.15. The zero-order valence-corrected chi connectivity index (χ0v) is 12.0. The molecule has 2 aromatic carbocycles. The van der Waals surface area contributed by atoms with E-state index in [1.54, 1.807) is 6.08 Å². The molecule has 0 aliphatic carbocycles. The highest BCUT2D eigenvalue weighted by atomic mass is 32.2. The molecule has 4 heteroatoms. The first-order valence-corrected chi connectivity index (χ1v) is 7.44. The summed E-state index contributed by atoms with van der Waals surface area (Å²) in [6, 6.07) is 18.8. The van der Waals surface area contributed by atoms with Crippen molar-refractivity contribution in [3.63, 3.8) is 0 Å². The summed E-state index contributed by atoms with van der Waals surface area (Å²) in [6.07, 6.45) is 0.215. The van der Waals surface area contributed by atoms with Crippen molar-refractivity contribution in [3.05, 3.63) is 77.2 Å². The van der Waals surface area contributed by atoms with E-state index in [2.05, 4.69) is 0 Å². The van der Waals surface area contributed by atoms with Crippen LogP contribution in [0.1, 0.15) is 11.7 Å². The summed E-state index contributed by atoms with van der Waals surface area (Å²) in [4.78, 5) is 13.4. The van der Waals surface area contributed by atoms with Gasteiger partial charge in [-0.25, -0.2) is 4.79 Å². The molecule has 0 fully saturated rings. The lowest BCUT2D eigenvalue weighted by molar-refractivity contribution is -0.143. The topological polar surface area (TPSA) is 46.5 Å². The van der Waals surface area contributed by atoms with Gasteiger partial charge in [-0.1, -0.05) is 60.3 Å². The molecule has 0 unspecified atom stereocenters. The molecule has 0 aromatic heterocycles. The molecule has 1 aliphatic rings. The molecule has 2 aromatic rings. The maximum atomic E-state index is 11.9. The van der Waals surface area contributed by atoms with Gasteiger partial charge in [-0.15, -0.1) is 0 Å². The first-order valence-electron chi connectivity index (χ1n) is 6.63. The minimum absolute atomic E-state index is 0.385. The molecule has 0 saturated heterocycles. The second kappa shape index (κ2) is 6.16. The number of benzene rings is 2. The average Bonchev–Trinajstić information content (AvgIpc) is 2.89. The van der Waals surface area contributed by atoms with Crippen LogP contribution in [0.4, 0.5) is 0 Å². The molecule has 1 heterocycles. The van der Waals surface area contributed by atoms with Crippen molar-refractivity contribution < 1.29 is 14.6 Å². The third-order valence-electron chi connectivity index (χ3n) is 3.18. The fourth-order valence-corrected chi connectivity index (χ4v) is 3.00. The van der Waals surface area contributed by atoms with E-state index in [1.165, 1.54) is 11.8 Å². The Bertz CT molecular complexity index is 652. The Morgan fingerprint density at radius 1 is 1.00 bits per heavy atom. The van der Waals surface area contributed by atoms with Gasteiger partial charge in [0, 0.05) is 4.90 Å². The highest BCUT2D eigenvalue weighted by Crippen LogP contribution is 2.34. The number of carbonyl (C=O) groups is 1. The molecule has 3 nitrogen and oxygen atoms in total. The Balaban J connectivity index is 1.76. The highest BCUT2D eigenvalue weighted by molar-refractivity contribution is 8.04. The number of carbonyl (C=O) groups excluding carboxylic acids is 1. The van der Waals surface area contributed by atoms with Gasteiger partial charge in [-0.05, 0) is 23.8 Å². The van der Waals surface area contributed by atoms with Crippen molar-refractivity contribution in [2.75, 3.05) is 0 Å². The number of thioether (sulfide) groups is 1. The van der Waals surface area contributed by atoms with Crippen LogP contribution in [0.15, 0.2) is 76.5 Å². The van der Waals surface area contributed by atoms with Gasteiger partial charge >= 0.3 is 5.97 Å². The predicted molar refractivity (Wildman–Crippen MR) is 81.7 cm³/mol. The van der Waals surface area contributed by atoms with Gasteiger partial charge in [0.05, 0.1) is 4.91 Å². The summed E-state index contributed by atoms with van der Waals surface area (Å²) < 4.78 is 5.26. The van der Waals surface area contributed by atoms with E-state index in [4.69, 9.17) is 4.74 Å². The van der Waals surface area contributed by atoms with Crippen LogP contribution >= 0.6 is 11.8 Å². The lowest BCUT2D eigenvalue weighted by Crippen LogP contribution is -2.18. The molecule has 21 heavy (non-hydrogen) atoms. The fourth-order valence-electron chi connectivity index (χ4n) is 2.12. The van der Waals surface area contributed by atoms with Crippen LogP contribution in [0.25, 0.3) is 0 Å². The summed E-state index contributed by atoms with van der Waals surface area (Å²) in [7, 11) is 0. The van der Waals surface area contributed by atoms with E-state index in [9.17, 15) is 9.90 Å². The van der Waals surface area contributed by atoms with Crippen LogP contribution in [0.2, 0.25) is 0 Å². The number of aliphatic hydroxyl groups is 1. The van der Waals surface area contributed by atoms with E-state index < -0.39 is 12.2 Å². The van der Waals surface area contributed by atoms with Gasteiger partial charge < -0.3 is 9.84 Å². The van der Waals surface area contributed by atoms with Gasteiger partial charge in [0.2, 0.25) is 0 Å². The number of hydrogen-bond acceptors (Lipinski definition) is 4. The molecule has 3 rings (SSSR count). The van der Waals surface area contributed by atoms with E-state index in [-0.39, 0.29) is 5.97 Å². The zero-order chi connectivity index (χ0) is 14.7. The molecule has 2 atom stereocenters. The van der Waals surface area contributed by atoms with E-state index in [0.717, 1.165) is 10.5 Å². The summed E-state index contributed by atoms with van der Waals surface area (Å²) in [6.45, 7) is 0. The molecular weight excluding hydrogens is 284 g/mol. The molecule has 0 radical (unpaired) electrons. The quantitative estimate of drug-likeness (QED) is 0.880. The van der Waals surface area contributed by atoms with Crippen LogP contribution in [0.3, 0.4) is 0 Å². The number of rotatable bonds is 4. The third-order valence-corrected chi connectivity index (χ3v) is 4.21. The van der Waals surface area contributed by atoms with E-state index >= 15 is 0 Å². The Labute approximate surface area is 127 Å². The molecule has 0 saturated carbocycles. The smallest absolute Gasteiger partial charge is 0.345 e. The maximum absolute atomic E-state index is 11.9. The van der Waals surface area contributed by atoms with Crippen molar-refractivity contribution in [2.45, 2.75) is 17.1 Å². The lowest BCUT2D eigenvalue weighted by atomic mass is 10.1. The van der Waals surface area contributed by atoms with Crippen molar-refractivity contribution >= 4 is 17.7 Å². The SMILES string of the molecule is O=C1O[C@H]([C@H](O)c2ccccc2)C=C1Sc1ccccc1. The Morgan fingerprint density at radius 2 is 1.62 bits per heavy atom. The zero-order valence-electron chi connectivity index (χ0n) is 11.2. The van der Waals surface area contributed by atoms with Gasteiger partial charge in [-0.3, -0.25) is 0 Å². The Hall–Kier alpha value is -2.04. The summed E-state index contributed by atoms with van der Waals surface area (Å²) in [5.74, 6) is -0.385. The molecular formula is C17H14O3S. The monoisotopic (exact) mass is 298 g/mol. The number of esters is 1. The Morgan fingerprint density at radius 3 is 2.29 bits per heavy atom. The molecule has 0 bridgehead atoms. The molecule has 1 N–H and O–H groups in total. The van der Waals surface area contributed by atoms with Crippen LogP contribution in [-0.2, 0) is 9.53 Å². The second-order valence-electron chi connectivity index (χ2n) is 4.67. The standard InChI is InChI=1S/C17H14O3S/c18-16(12-7-3-1-4-8-12)14-11-15(17(19)20-14)21-13-9-5-2-6-10-13/h1-11,14,16,18H/t14-,16+/m0/s1. The second-order valence-corrected chi connectivity index (χ2v) is 5.79. The molecule has 106 valence electrons. The summed E-state index contributed by atoms with van der Waals surface area (Å²) in [5, 5.41) is 10.3. The Kier molecular flexibility index (Phi) is 4.08. The van der Waals surface area contributed by atoms with Gasteiger partial charge in [-0.2, -0.15) is 0 Å². The minimum Gasteiger partial charge on any atom is -0.451 e. The van der Waals surface area contributed by atoms with Crippen molar-refractivity contribution in [3.8, 4) is 0 Å². The van der Waals surface area contributed by atoms with Crippen LogP contribution in [-0.4, -0.2) is 17.2 Å². The molecule has 0 spiro atoms. The van der Waals surface area contributed by atoms with Gasteiger partial charge in [0.15, 0.2) is 6.10 Å². The average molecular weight is 298 g/mol. The number of aliphatic hydroxyl groups excluding tert-OH is 1. The normalized spacial score (nSPS) is 19.0. The third kappa shape index (κ3) is 3.17. The molecule has 1 aliphatic heterocycles. The number of cyclic esters (lactones) is 1. The van der Waals surface area contributed by atoms with E-state index in [1.807, 2.05) is 60.7 Å². The fraction of sp³-hybridized carbons (Fsp3) is 0.118. The van der Waals surface area contributed by atoms with Crippen molar-refractivity contribution in [1.82, 2.24) is 0 Å². The number of ether oxygens (including phenoxy) is 1. The number of hydrogen-bond donors (Lipinski definition) is 1. The van der Waals surface area contributed by atoms with E-state index in [0.29, 0.717) is 4.91 Å². The largest absolute Gasteiger partial charge is 0.451 e. The van der Waals surface area contributed by atoms with Crippen LogP contribution < -0.4 is 0 Å². The summed E-state index contributed by atoms with van der Waals surface area (Å²) in [5.41, 5.74) is 0.734. The van der Waals surface area contributed by atoms with Crippen molar-refractivity contribution in [2.24, 2.45) is 0 Å². The maximum Gasteiger partial charge on any atom is 0.345 e.